The maximum absolute atomic E-state index is 3.60. The smallest absolute Gasteiger partial charge is 0.346 e. The van der Waals surface area contributed by atoms with Gasteiger partial charge in [0, 0.05) is 0 Å². The van der Waals surface area contributed by atoms with Crippen LogP contribution in [0.1, 0.15) is 47.0 Å². The van der Waals surface area contributed by atoms with Crippen molar-refractivity contribution in [2.75, 3.05) is 0 Å². The number of hydrogen-bond donors (Lipinski definition) is 0. The molecule has 2 heteroatoms. The van der Waals surface area contributed by atoms with Crippen molar-refractivity contribution < 1.29 is 0 Å². The Morgan fingerprint density at radius 2 is 0.846 bits per heavy atom. The van der Waals surface area contributed by atoms with Crippen LogP contribution in [0, 0.1) is 27.7 Å². The Kier molecular flexibility index (Phi) is 291. The van der Waals surface area contributed by atoms with E-state index in [0.717, 1.165) is 12.8 Å². The van der Waals surface area contributed by atoms with Crippen LogP contribution in [0.15, 0.2) is 0 Å². The molecule has 0 aliphatic rings. The molecule has 0 aromatic rings. The molecule has 74 valence electrons. The van der Waals surface area contributed by atoms with Gasteiger partial charge in [-0.25, -0.2) is 0 Å². The standard InChI is InChI=1S/C4H9.C3H7.2C2H5.2Mg/c1-3-4-2;1-3-2;2*1-2;;/h1,3-4H2,2H3;1,3H2,2H3;2*1H2,2H3;;/q4*-1;2*+2. The normalized spacial score (nSPS) is 4.62. The van der Waals surface area contributed by atoms with Crippen LogP contribution in [0.5, 0.6) is 0 Å². The van der Waals surface area contributed by atoms with Crippen molar-refractivity contribution in [2.24, 2.45) is 0 Å². The van der Waals surface area contributed by atoms with E-state index in [4.69, 9.17) is 0 Å². The minimum atomic E-state index is 0. The van der Waals surface area contributed by atoms with Crippen molar-refractivity contribution in [1.29, 1.82) is 0 Å². The SMILES string of the molecule is [CH2-]C.[CH2-]C.[CH2-]CC.[CH2-]CCC.[Mg+2].[Mg+2]. The monoisotopic (exact) mass is 206 g/mol. The first-order valence-corrected chi connectivity index (χ1v) is 4.33. The van der Waals surface area contributed by atoms with Gasteiger partial charge in [-0.3, -0.25) is 0 Å². The van der Waals surface area contributed by atoms with Crippen LogP contribution >= 0.6 is 0 Å². The third kappa shape index (κ3) is 281. The summed E-state index contributed by atoms with van der Waals surface area (Å²) in [4.78, 5) is 0. The molecule has 0 atom stereocenters. The van der Waals surface area contributed by atoms with Gasteiger partial charge < -0.3 is 27.7 Å². The number of unbranched alkanes of at least 4 members (excludes halogenated alkanes) is 1. The van der Waals surface area contributed by atoms with Gasteiger partial charge in [0.1, 0.15) is 0 Å². The molecule has 0 radical (unpaired) electrons. The van der Waals surface area contributed by atoms with Gasteiger partial charge in [0.05, 0.1) is 0 Å². The van der Waals surface area contributed by atoms with Crippen LogP contribution in [-0.4, -0.2) is 46.1 Å². The Morgan fingerprint density at radius 3 is 0.846 bits per heavy atom. The second-order valence-corrected chi connectivity index (χ2v) is 1.35. The van der Waals surface area contributed by atoms with Gasteiger partial charge in [-0.15, -0.1) is 0 Å². The first-order chi connectivity index (χ1) is 5.33. The van der Waals surface area contributed by atoms with Gasteiger partial charge >= 0.3 is 46.1 Å². The van der Waals surface area contributed by atoms with E-state index in [1.54, 1.807) is 13.8 Å². The van der Waals surface area contributed by atoms with Gasteiger partial charge in [-0.1, -0.05) is 20.3 Å². The first kappa shape index (κ1) is 36.6. The molecule has 0 saturated heterocycles. The first-order valence-electron chi connectivity index (χ1n) is 4.33. The third-order valence-corrected chi connectivity index (χ3v) is 0.354. The zero-order valence-corrected chi connectivity index (χ0v) is 13.2. The Labute approximate surface area is 120 Å². The zero-order chi connectivity index (χ0) is 10.1. The molecule has 0 amide bonds. The summed E-state index contributed by atoms with van der Waals surface area (Å²) in [5.74, 6) is 0. The van der Waals surface area contributed by atoms with Crippen molar-refractivity contribution in [3.05, 3.63) is 27.7 Å². The van der Waals surface area contributed by atoms with Gasteiger partial charge in [-0.05, 0) is 0 Å². The second-order valence-electron chi connectivity index (χ2n) is 1.35. The summed E-state index contributed by atoms with van der Waals surface area (Å²) in [5, 5.41) is 0. The Balaban J connectivity index is -0.0000000125. The largest absolute Gasteiger partial charge is 2.00 e. The topological polar surface area (TPSA) is 0 Å². The van der Waals surface area contributed by atoms with E-state index >= 15 is 0 Å². The van der Waals surface area contributed by atoms with Gasteiger partial charge in [-0.2, -0.15) is 26.7 Å². The Hall–Kier alpha value is 1.53. The summed E-state index contributed by atoms with van der Waals surface area (Å²) >= 11 is 0. The maximum Gasteiger partial charge on any atom is 2.00 e. The molecule has 0 aliphatic carbocycles. The predicted molar refractivity (Wildman–Crippen MR) is 69.5 cm³/mol. The van der Waals surface area contributed by atoms with Gasteiger partial charge in [0.25, 0.3) is 0 Å². The van der Waals surface area contributed by atoms with Crippen LogP contribution < -0.4 is 0 Å². The van der Waals surface area contributed by atoms with Crippen molar-refractivity contribution in [1.82, 2.24) is 0 Å². The fourth-order valence-corrected chi connectivity index (χ4v) is 0. The molecule has 0 heterocycles. The van der Waals surface area contributed by atoms with Gasteiger partial charge in [0.15, 0.2) is 0 Å². The predicted octanol–water partition coefficient (Wildman–Crippen LogP) is 3.77. The average Bonchev–Trinajstić information content (AvgIpc) is 2.12. The van der Waals surface area contributed by atoms with E-state index in [-0.39, 0.29) is 46.1 Å². The van der Waals surface area contributed by atoms with E-state index in [9.17, 15) is 0 Å². The average molecular weight is 207 g/mol. The zero-order valence-electron chi connectivity index (χ0n) is 10.4. The quantitative estimate of drug-likeness (QED) is 0.453. The van der Waals surface area contributed by atoms with Crippen LogP contribution in [0.25, 0.3) is 0 Å². The van der Waals surface area contributed by atoms with E-state index in [0.29, 0.717) is 0 Å². The molecule has 13 heavy (non-hydrogen) atoms. The number of hydrogen-bond acceptors (Lipinski definition) is 0. The fraction of sp³-hybridized carbons (Fsp3) is 0.636. The molecule has 0 aliphatic heterocycles. The second kappa shape index (κ2) is 103. The Bertz CT molecular complexity index is 15.6. The van der Waals surface area contributed by atoms with Crippen LogP contribution in [0.4, 0.5) is 0 Å². The molecule has 0 rings (SSSR count). The summed E-state index contributed by atoms with van der Waals surface area (Å²) in [5.41, 5.74) is 0. The molecule has 0 nitrogen and oxygen atoms in total. The van der Waals surface area contributed by atoms with Crippen molar-refractivity contribution in [3.63, 3.8) is 0 Å². The number of rotatable bonds is 1. The van der Waals surface area contributed by atoms with Crippen molar-refractivity contribution >= 4 is 46.1 Å². The fourth-order valence-electron chi connectivity index (χ4n) is 0. The molecule has 0 N–H and O–H groups in total. The molecule has 0 fully saturated rings. The molecule has 0 saturated carbocycles. The summed E-state index contributed by atoms with van der Waals surface area (Å²) in [6.45, 7) is 21.2. The minimum Gasteiger partial charge on any atom is -0.346 e. The van der Waals surface area contributed by atoms with E-state index < -0.39 is 0 Å². The molecule has 0 spiro atoms. The summed E-state index contributed by atoms with van der Waals surface area (Å²) < 4.78 is 0. The molecule has 0 aromatic heterocycles. The molecule has 0 aromatic carbocycles. The summed E-state index contributed by atoms with van der Waals surface area (Å²) in [7, 11) is 0. The minimum absolute atomic E-state index is 0. The summed E-state index contributed by atoms with van der Waals surface area (Å²) in [6.07, 6.45) is 3.28. The molecule has 0 unspecified atom stereocenters. The third-order valence-electron chi connectivity index (χ3n) is 0.354. The van der Waals surface area contributed by atoms with Gasteiger partial charge in [0.2, 0.25) is 0 Å². The van der Waals surface area contributed by atoms with Crippen LogP contribution in [0.3, 0.4) is 0 Å². The van der Waals surface area contributed by atoms with Crippen molar-refractivity contribution in [2.45, 2.75) is 47.0 Å². The van der Waals surface area contributed by atoms with E-state index in [2.05, 4.69) is 34.6 Å². The van der Waals surface area contributed by atoms with Crippen LogP contribution in [-0.2, 0) is 0 Å². The van der Waals surface area contributed by atoms with E-state index in [1.807, 2.05) is 6.92 Å². The molecular formula is C11H26Mg2. The summed E-state index contributed by atoms with van der Waals surface area (Å²) in [6, 6.07) is 0. The van der Waals surface area contributed by atoms with E-state index in [1.165, 1.54) is 6.42 Å². The Morgan fingerprint density at radius 1 is 0.769 bits per heavy atom. The van der Waals surface area contributed by atoms with Crippen LogP contribution in [0.2, 0.25) is 0 Å². The van der Waals surface area contributed by atoms with Crippen molar-refractivity contribution in [3.8, 4) is 0 Å². The molecular weight excluding hydrogens is 181 g/mol. The molecule has 0 bridgehead atoms. The maximum atomic E-state index is 3.60.